The molecule has 3 atom stereocenters. The van der Waals surface area contributed by atoms with E-state index in [0.29, 0.717) is 0 Å². The molecule has 0 radical (unpaired) electrons. The van der Waals surface area contributed by atoms with Gasteiger partial charge in [-0.05, 0) is 88.8 Å². The Morgan fingerprint density at radius 2 is 1.22 bits per heavy atom. The Bertz CT molecular complexity index is 196. The molecule has 0 saturated heterocycles. The number of hydrogen-bond donors (Lipinski definition) is 3. The maximum absolute atomic E-state index is 5.67. The zero-order valence-electron chi connectivity index (χ0n) is 11.9. The fourth-order valence-electron chi connectivity index (χ4n) is 3.59. The molecule has 3 heteroatoms. The van der Waals surface area contributed by atoms with Crippen molar-refractivity contribution in [2.75, 3.05) is 19.6 Å². The molecule has 0 aromatic heterocycles. The van der Waals surface area contributed by atoms with Crippen molar-refractivity contribution in [3.05, 3.63) is 0 Å². The van der Waals surface area contributed by atoms with Crippen LogP contribution in [0.5, 0.6) is 0 Å². The van der Waals surface area contributed by atoms with Crippen LogP contribution in [-0.2, 0) is 0 Å². The standard InChI is InChI=1S/C15H33N3/c16-9-1-4-13-7-8-14(5-2-10-17)15(12-13)6-3-11-18/h13-15H,1-12,16-18H2. The molecule has 0 bridgehead atoms. The summed E-state index contributed by atoms with van der Waals surface area (Å²) in [7, 11) is 0. The van der Waals surface area contributed by atoms with Crippen LogP contribution in [0.2, 0.25) is 0 Å². The summed E-state index contributed by atoms with van der Waals surface area (Å²) < 4.78 is 0. The highest BCUT2D eigenvalue weighted by Crippen LogP contribution is 2.40. The topological polar surface area (TPSA) is 78.1 Å². The average molecular weight is 255 g/mol. The summed E-state index contributed by atoms with van der Waals surface area (Å²) in [6.07, 6.45) is 11.8. The SMILES string of the molecule is NCCCC1CCC(CCCN)C(CCCN)C1. The summed E-state index contributed by atoms with van der Waals surface area (Å²) in [5.41, 5.74) is 16.9. The minimum absolute atomic E-state index is 0.841. The van der Waals surface area contributed by atoms with Crippen molar-refractivity contribution >= 4 is 0 Å². The van der Waals surface area contributed by atoms with Crippen LogP contribution >= 0.6 is 0 Å². The van der Waals surface area contributed by atoms with Crippen molar-refractivity contribution in [3.63, 3.8) is 0 Å². The van der Waals surface area contributed by atoms with E-state index in [1.54, 1.807) is 0 Å². The third-order valence-corrected chi connectivity index (χ3v) is 4.62. The second-order valence-electron chi connectivity index (χ2n) is 5.99. The van der Waals surface area contributed by atoms with Crippen LogP contribution in [0, 0.1) is 17.8 Å². The van der Waals surface area contributed by atoms with Crippen molar-refractivity contribution in [2.24, 2.45) is 35.0 Å². The Hall–Kier alpha value is -0.120. The van der Waals surface area contributed by atoms with Gasteiger partial charge in [0.25, 0.3) is 0 Å². The van der Waals surface area contributed by atoms with Gasteiger partial charge in [-0.2, -0.15) is 0 Å². The Balaban J connectivity index is 2.38. The highest BCUT2D eigenvalue weighted by Gasteiger charge is 2.29. The molecule has 1 fully saturated rings. The summed E-state index contributed by atoms with van der Waals surface area (Å²) in [5, 5.41) is 0. The van der Waals surface area contributed by atoms with Crippen LogP contribution in [-0.4, -0.2) is 19.6 Å². The van der Waals surface area contributed by atoms with E-state index in [4.69, 9.17) is 17.2 Å². The van der Waals surface area contributed by atoms with E-state index in [1.165, 1.54) is 57.8 Å². The van der Waals surface area contributed by atoms with Crippen LogP contribution in [0.15, 0.2) is 0 Å². The third-order valence-electron chi connectivity index (χ3n) is 4.62. The normalized spacial score (nSPS) is 28.5. The van der Waals surface area contributed by atoms with Crippen molar-refractivity contribution in [2.45, 2.75) is 57.8 Å². The molecule has 0 spiro atoms. The smallest absolute Gasteiger partial charge is 0.00772 e. The van der Waals surface area contributed by atoms with Gasteiger partial charge in [-0.25, -0.2) is 0 Å². The highest BCUT2D eigenvalue weighted by atomic mass is 14.5. The second kappa shape index (κ2) is 9.76. The van der Waals surface area contributed by atoms with Crippen LogP contribution in [0.3, 0.4) is 0 Å². The lowest BCUT2D eigenvalue weighted by molar-refractivity contribution is 0.151. The van der Waals surface area contributed by atoms with Gasteiger partial charge in [-0.1, -0.05) is 6.42 Å². The first-order valence-electron chi connectivity index (χ1n) is 7.92. The molecule has 0 aromatic rings. The molecular weight excluding hydrogens is 222 g/mol. The van der Waals surface area contributed by atoms with Gasteiger partial charge in [0.05, 0.1) is 0 Å². The van der Waals surface area contributed by atoms with Crippen LogP contribution in [0.4, 0.5) is 0 Å². The predicted octanol–water partition coefficient (Wildman–Crippen LogP) is 2.24. The van der Waals surface area contributed by atoms with E-state index in [9.17, 15) is 0 Å². The fraction of sp³-hybridized carbons (Fsp3) is 1.00. The van der Waals surface area contributed by atoms with Crippen molar-refractivity contribution < 1.29 is 0 Å². The Morgan fingerprint density at radius 1 is 0.667 bits per heavy atom. The third kappa shape index (κ3) is 5.68. The van der Waals surface area contributed by atoms with E-state index in [-0.39, 0.29) is 0 Å². The Morgan fingerprint density at radius 3 is 1.83 bits per heavy atom. The Kier molecular flexibility index (Phi) is 8.64. The second-order valence-corrected chi connectivity index (χ2v) is 5.99. The Labute approximate surface area is 113 Å². The minimum atomic E-state index is 0.841. The predicted molar refractivity (Wildman–Crippen MR) is 79.2 cm³/mol. The summed E-state index contributed by atoms with van der Waals surface area (Å²) in [5.74, 6) is 2.73. The number of nitrogens with two attached hydrogens (primary N) is 3. The summed E-state index contributed by atoms with van der Waals surface area (Å²) in [6.45, 7) is 2.53. The molecule has 0 aliphatic heterocycles. The monoisotopic (exact) mass is 255 g/mol. The lowest BCUT2D eigenvalue weighted by Gasteiger charge is -2.36. The number of rotatable bonds is 9. The van der Waals surface area contributed by atoms with Crippen LogP contribution in [0.25, 0.3) is 0 Å². The maximum atomic E-state index is 5.67. The van der Waals surface area contributed by atoms with Crippen molar-refractivity contribution in [1.82, 2.24) is 0 Å². The largest absolute Gasteiger partial charge is 0.330 e. The van der Waals surface area contributed by atoms with Gasteiger partial charge < -0.3 is 17.2 Å². The van der Waals surface area contributed by atoms with Crippen LogP contribution in [0.1, 0.15) is 57.8 Å². The first kappa shape index (κ1) is 15.9. The van der Waals surface area contributed by atoms with Gasteiger partial charge in [0.1, 0.15) is 0 Å². The zero-order chi connectivity index (χ0) is 13.2. The first-order chi connectivity index (χ1) is 8.81. The summed E-state index contributed by atoms with van der Waals surface area (Å²) >= 11 is 0. The molecule has 3 nitrogen and oxygen atoms in total. The molecular formula is C15H33N3. The molecule has 18 heavy (non-hydrogen) atoms. The molecule has 108 valence electrons. The van der Waals surface area contributed by atoms with Gasteiger partial charge in [-0.15, -0.1) is 0 Å². The quantitative estimate of drug-likeness (QED) is 0.591. The van der Waals surface area contributed by atoms with E-state index < -0.39 is 0 Å². The van der Waals surface area contributed by atoms with E-state index in [0.717, 1.165) is 37.4 Å². The highest BCUT2D eigenvalue weighted by molar-refractivity contribution is 4.80. The molecule has 6 N–H and O–H groups in total. The fourth-order valence-corrected chi connectivity index (χ4v) is 3.59. The molecule has 3 unspecified atom stereocenters. The van der Waals surface area contributed by atoms with Gasteiger partial charge in [0.15, 0.2) is 0 Å². The van der Waals surface area contributed by atoms with E-state index in [2.05, 4.69) is 0 Å². The maximum Gasteiger partial charge on any atom is -0.00772 e. The van der Waals surface area contributed by atoms with Gasteiger partial charge in [-0.3, -0.25) is 0 Å². The zero-order valence-corrected chi connectivity index (χ0v) is 11.9. The van der Waals surface area contributed by atoms with E-state index in [1.807, 2.05) is 0 Å². The number of hydrogen-bond acceptors (Lipinski definition) is 3. The molecule has 1 rings (SSSR count). The van der Waals surface area contributed by atoms with Crippen LogP contribution < -0.4 is 17.2 Å². The first-order valence-corrected chi connectivity index (χ1v) is 7.92. The molecule has 0 aromatic carbocycles. The van der Waals surface area contributed by atoms with Crippen molar-refractivity contribution in [3.8, 4) is 0 Å². The molecule has 1 aliphatic carbocycles. The average Bonchev–Trinajstić information content (AvgIpc) is 2.41. The summed E-state index contributed by atoms with van der Waals surface area (Å²) in [4.78, 5) is 0. The van der Waals surface area contributed by atoms with Gasteiger partial charge in [0, 0.05) is 0 Å². The lowest BCUT2D eigenvalue weighted by atomic mass is 9.69. The lowest BCUT2D eigenvalue weighted by Crippen LogP contribution is -2.26. The van der Waals surface area contributed by atoms with Gasteiger partial charge in [0.2, 0.25) is 0 Å². The molecule has 0 amide bonds. The molecule has 1 aliphatic rings. The van der Waals surface area contributed by atoms with Crippen molar-refractivity contribution in [1.29, 1.82) is 0 Å². The summed E-state index contributed by atoms with van der Waals surface area (Å²) in [6, 6.07) is 0. The molecule has 1 saturated carbocycles. The molecule has 0 heterocycles. The van der Waals surface area contributed by atoms with E-state index >= 15 is 0 Å². The van der Waals surface area contributed by atoms with Gasteiger partial charge >= 0.3 is 0 Å². The minimum Gasteiger partial charge on any atom is -0.330 e.